The van der Waals surface area contributed by atoms with Crippen LogP contribution in [-0.4, -0.2) is 25.1 Å². The van der Waals surface area contributed by atoms with Gasteiger partial charge in [0.15, 0.2) is 11.5 Å². The van der Waals surface area contributed by atoms with E-state index in [1.54, 1.807) is 13.0 Å². The number of halogens is 1. The van der Waals surface area contributed by atoms with Gasteiger partial charge < -0.3 is 19.3 Å². The van der Waals surface area contributed by atoms with Gasteiger partial charge in [-0.15, -0.1) is 0 Å². The maximum atomic E-state index is 13.9. The topological polar surface area (TPSA) is 47.9 Å². The molecule has 1 aromatic carbocycles. The molecule has 1 aliphatic rings. The predicted molar refractivity (Wildman–Crippen MR) is 54.5 cm³/mol. The molecule has 0 fully saturated rings. The molecule has 88 valence electrons. The molecule has 0 bridgehead atoms. The van der Waals surface area contributed by atoms with Gasteiger partial charge in [-0.25, -0.2) is 0 Å². The van der Waals surface area contributed by atoms with Crippen LogP contribution in [0.15, 0.2) is 6.07 Å². The number of aliphatic hydroxyl groups excluding tert-OH is 1. The van der Waals surface area contributed by atoms with Crippen molar-refractivity contribution in [1.82, 2.24) is 0 Å². The van der Waals surface area contributed by atoms with Gasteiger partial charge in [-0.2, -0.15) is 4.39 Å². The average Bonchev–Trinajstić information content (AvgIpc) is 2.65. The fourth-order valence-corrected chi connectivity index (χ4v) is 1.73. The number of hydrogen-bond acceptors (Lipinski definition) is 4. The largest absolute Gasteiger partial charge is 0.493 e. The Balaban J connectivity index is 2.48. The molecule has 0 amide bonds. The van der Waals surface area contributed by atoms with E-state index < -0.39 is 11.9 Å². The summed E-state index contributed by atoms with van der Waals surface area (Å²) in [5, 5.41) is 9.32. The van der Waals surface area contributed by atoms with Crippen LogP contribution in [-0.2, 0) is 6.42 Å². The highest BCUT2D eigenvalue weighted by atomic mass is 19.1. The number of benzene rings is 1. The van der Waals surface area contributed by atoms with Crippen molar-refractivity contribution >= 4 is 0 Å². The molecule has 5 heteroatoms. The quantitative estimate of drug-likeness (QED) is 0.851. The van der Waals surface area contributed by atoms with Crippen LogP contribution in [0.3, 0.4) is 0 Å². The van der Waals surface area contributed by atoms with Gasteiger partial charge >= 0.3 is 0 Å². The van der Waals surface area contributed by atoms with E-state index in [9.17, 15) is 9.50 Å². The van der Waals surface area contributed by atoms with Crippen molar-refractivity contribution in [3.63, 3.8) is 0 Å². The van der Waals surface area contributed by atoms with Crippen molar-refractivity contribution < 1.29 is 23.7 Å². The second-order valence-electron chi connectivity index (χ2n) is 3.67. The smallest absolute Gasteiger partial charge is 0.231 e. The molecule has 1 heterocycles. The summed E-state index contributed by atoms with van der Waals surface area (Å²) < 4.78 is 28.9. The summed E-state index contributed by atoms with van der Waals surface area (Å²) in [5.41, 5.74) is 0.569. The van der Waals surface area contributed by atoms with E-state index >= 15 is 0 Å². The Bertz CT molecular complexity index is 403. The third-order valence-electron chi connectivity index (χ3n) is 2.36. The summed E-state index contributed by atoms with van der Waals surface area (Å²) in [4.78, 5) is 0. The van der Waals surface area contributed by atoms with E-state index in [1.165, 1.54) is 7.11 Å². The molecule has 0 saturated heterocycles. The van der Waals surface area contributed by atoms with Crippen molar-refractivity contribution in [3.05, 3.63) is 17.4 Å². The van der Waals surface area contributed by atoms with Gasteiger partial charge in [0.05, 0.1) is 13.2 Å². The maximum Gasteiger partial charge on any atom is 0.231 e. The highest BCUT2D eigenvalue weighted by Gasteiger charge is 2.25. The SMILES string of the molecule is COc1c(CC(C)O)cc2c(c1F)OCO2. The van der Waals surface area contributed by atoms with E-state index in [2.05, 4.69) is 0 Å². The molecular formula is C11H13FO4. The Labute approximate surface area is 92.6 Å². The van der Waals surface area contributed by atoms with Gasteiger partial charge in [-0.1, -0.05) is 0 Å². The average molecular weight is 228 g/mol. The fourth-order valence-electron chi connectivity index (χ4n) is 1.73. The molecule has 0 aliphatic carbocycles. The molecule has 0 aromatic heterocycles. The minimum absolute atomic E-state index is 0.00748. The third kappa shape index (κ3) is 1.78. The zero-order valence-electron chi connectivity index (χ0n) is 9.12. The number of aliphatic hydroxyl groups is 1. The van der Waals surface area contributed by atoms with Gasteiger partial charge in [-0.3, -0.25) is 0 Å². The molecular weight excluding hydrogens is 215 g/mol. The maximum absolute atomic E-state index is 13.9. The highest BCUT2D eigenvalue weighted by molar-refractivity contribution is 5.53. The van der Waals surface area contributed by atoms with Gasteiger partial charge in [0.1, 0.15) is 0 Å². The van der Waals surface area contributed by atoms with Crippen LogP contribution in [0.2, 0.25) is 0 Å². The molecule has 0 radical (unpaired) electrons. The lowest BCUT2D eigenvalue weighted by Crippen LogP contribution is -2.07. The van der Waals surface area contributed by atoms with Crippen LogP contribution in [0.5, 0.6) is 17.2 Å². The van der Waals surface area contributed by atoms with Gasteiger partial charge in [-0.05, 0) is 13.0 Å². The lowest BCUT2D eigenvalue weighted by molar-refractivity contribution is 0.170. The summed E-state index contributed by atoms with van der Waals surface area (Å²) >= 11 is 0. The molecule has 1 unspecified atom stereocenters. The number of rotatable bonds is 3. The summed E-state index contributed by atoms with van der Waals surface area (Å²) in [6.07, 6.45) is -0.273. The Morgan fingerprint density at radius 3 is 2.94 bits per heavy atom. The molecule has 1 N–H and O–H groups in total. The molecule has 2 rings (SSSR count). The zero-order chi connectivity index (χ0) is 11.7. The van der Waals surface area contributed by atoms with Crippen molar-refractivity contribution in [2.75, 3.05) is 13.9 Å². The second-order valence-corrected chi connectivity index (χ2v) is 3.67. The molecule has 0 spiro atoms. The second kappa shape index (κ2) is 4.17. The van der Waals surface area contributed by atoms with Gasteiger partial charge in [0.25, 0.3) is 0 Å². The predicted octanol–water partition coefficient (Wildman–Crippen LogP) is 1.49. The molecule has 1 atom stereocenters. The van der Waals surface area contributed by atoms with Crippen molar-refractivity contribution in [1.29, 1.82) is 0 Å². The molecule has 16 heavy (non-hydrogen) atoms. The molecule has 0 saturated carbocycles. The molecule has 1 aliphatic heterocycles. The number of methoxy groups -OCH3 is 1. The van der Waals surface area contributed by atoms with Crippen LogP contribution in [0.4, 0.5) is 4.39 Å². The van der Waals surface area contributed by atoms with Crippen molar-refractivity contribution in [3.8, 4) is 17.2 Å². The standard InChI is InChI=1S/C11H13FO4/c1-6(13)3-7-4-8-11(16-5-15-8)9(12)10(7)14-2/h4,6,13H,3,5H2,1-2H3. The number of ether oxygens (including phenoxy) is 3. The number of hydrogen-bond donors (Lipinski definition) is 1. The Kier molecular flexibility index (Phi) is 2.87. The first-order valence-corrected chi connectivity index (χ1v) is 4.96. The fraction of sp³-hybridized carbons (Fsp3) is 0.455. The van der Waals surface area contributed by atoms with Crippen LogP contribution >= 0.6 is 0 Å². The Morgan fingerprint density at radius 2 is 2.31 bits per heavy atom. The van der Waals surface area contributed by atoms with E-state index in [4.69, 9.17) is 14.2 Å². The highest BCUT2D eigenvalue weighted by Crippen LogP contribution is 2.42. The van der Waals surface area contributed by atoms with Crippen LogP contribution in [0, 0.1) is 5.82 Å². The molecule has 4 nitrogen and oxygen atoms in total. The van der Waals surface area contributed by atoms with Crippen LogP contribution in [0.1, 0.15) is 12.5 Å². The minimum Gasteiger partial charge on any atom is -0.493 e. The third-order valence-corrected chi connectivity index (χ3v) is 2.36. The van der Waals surface area contributed by atoms with Gasteiger partial charge in [0.2, 0.25) is 18.4 Å². The summed E-state index contributed by atoms with van der Waals surface area (Å²) in [7, 11) is 1.38. The van der Waals surface area contributed by atoms with Crippen LogP contribution < -0.4 is 14.2 Å². The van der Waals surface area contributed by atoms with Crippen molar-refractivity contribution in [2.24, 2.45) is 0 Å². The zero-order valence-corrected chi connectivity index (χ0v) is 9.12. The Hall–Kier alpha value is -1.49. The van der Waals surface area contributed by atoms with Crippen LogP contribution in [0.25, 0.3) is 0 Å². The minimum atomic E-state index is -0.576. The first-order chi connectivity index (χ1) is 7.63. The normalized spacial score (nSPS) is 15.0. The van der Waals surface area contributed by atoms with E-state index in [1.807, 2.05) is 0 Å². The first kappa shape index (κ1) is 11.0. The summed E-state index contributed by atoms with van der Waals surface area (Å²) in [5.74, 6) is -0.0431. The first-order valence-electron chi connectivity index (χ1n) is 4.96. The van der Waals surface area contributed by atoms with Crippen molar-refractivity contribution in [2.45, 2.75) is 19.4 Å². The summed E-state index contributed by atoms with van der Waals surface area (Å²) in [6, 6.07) is 1.64. The van der Waals surface area contributed by atoms with E-state index in [0.29, 0.717) is 17.7 Å². The Morgan fingerprint density at radius 1 is 1.56 bits per heavy atom. The van der Waals surface area contributed by atoms with E-state index in [0.717, 1.165) is 0 Å². The lowest BCUT2D eigenvalue weighted by atomic mass is 10.1. The monoisotopic (exact) mass is 228 g/mol. The molecule has 1 aromatic rings. The number of fused-ring (bicyclic) bond motifs is 1. The lowest BCUT2D eigenvalue weighted by Gasteiger charge is -2.12. The summed E-state index contributed by atoms with van der Waals surface area (Å²) in [6.45, 7) is 1.63. The van der Waals surface area contributed by atoms with Gasteiger partial charge in [0, 0.05) is 12.0 Å². The van der Waals surface area contributed by atoms with E-state index in [-0.39, 0.29) is 18.3 Å².